The molecule has 3 aliphatic heterocycles. The first kappa shape index (κ1) is 29.1. The third kappa shape index (κ3) is 6.68. The van der Waals surface area contributed by atoms with Gasteiger partial charge in [-0.05, 0) is 67.3 Å². The number of ether oxygens (including phenoxy) is 2. The van der Waals surface area contributed by atoms with Crippen LogP contribution in [0, 0.1) is 11.6 Å². The summed E-state index contributed by atoms with van der Waals surface area (Å²) in [6.07, 6.45) is 5.27. The number of piperidine rings is 2. The number of halogens is 2. The van der Waals surface area contributed by atoms with Gasteiger partial charge in [-0.2, -0.15) is 0 Å². The van der Waals surface area contributed by atoms with Crippen molar-refractivity contribution in [2.75, 3.05) is 39.9 Å². The number of carbonyl (C=O) groups excluding carboxylic acids is 1. The number of methoxy groups -OCH3 is 1. The van der Waals surface area contributed by atoms with Crippen LogP contribution in [0.1, 0.15) is 35.2 Å². The van der Waals surface area contributed by atoms with Gasteiger partial charge in [0, 0.05) is 62.9 Å². The SMILES string of the molecule is COc1cccc2c(C(=O)NCc3cccc(F)c3)cn(CCCN3C[C@H]4CC[C@@H]3CN4CCOc3ccc(F)cc3)c12. The molecule has 0 unspecified atom stereocenters. The predicted molar refractivity (Wildman–Crippen MR) is 163 cm³/mol. The number of piperazine rings is 1. The number of rotatable bonds is 12. The van der Waals surface area contributed by atoms with E-state index in [0.717, 1.165) is 55.8 Å². The predicted octanol–water partition coefficient (Wildman–Crippen LogP) is 5.48. The van der Waals surface area contributed by atoms with Crippen molar-refractivity contribution in [1.82, 2.24) is 19.7 Å². The van der Waals surface area contributed by atoms with Crippen LogP contribution in [0.25, 0.3) is 10.9 Å². The Morgan fingerprint density at radius 3 is 2.37 bits per heavy atom. The number of fused-ring (bicyclic) bond motifs is 4. The van der Waals surface area contributed by atoms with Gasteiger partial charge in [0.25, 0.3) is 5.91 Å². The highest BCUT2D eigenvalue weighted by atomic mass is 19.1. The van der Waals surface area contributed by atoms with E-state index in [9.17, 15) is 13.6 Å². The Kier molecular flexibility index (Phi) is 8.90. The monoisotopic (exact) mass is 588 g/mol. The molecule has 4 heterocycles. The van der Waals surface area contributed by atoms with Gasteiger partial charge in [-0.1, -0.05) is 24.3 Å². The average molecular weight is 589 g/mol. The maximum Gasteiger partial charge on any atom is 0.253 e. The quantitative estimate of drug-likeness (QED) is 0.238. The summed E-state index contributed by atoms with van der Waals surface area (Å²) in [5.41, 5.74) is 2.21. The second-order valence-corrected chi connectivity index (χ2v) is 11.4. The topological polar surface area (TPSA) is 59.0 Å². The summed E-state index contributed by atoms with van der Waals surface area (Å²) in [4.78, 5) is 18.4. The summed E-state index contributed by atoms with van der Waals surface area (Å²) < 4.78 is 40.4. The van der Waals surface area contributed by atoms with E-state index in [4.69, 9.17) is 9.47 Å². The van der Waals surface area contributed by atoms with E-state index in [-0.39, 0.29) is 24.1 Å². The van der Waals surface area contributed by atoms with Gasteiger partial charge in [-0.25, -0.2) is 8.78 Å². The Bertz CT molecular complexity index is 1560. The van der Waals surface area contributed by atoms with Gasteiger partial charge in [0.05, 0.1) is 18.2 Å². The van der Waals surface area contributed by atoms with E-state index in [1.54, 1.807) is 31.4 Å². The molecule has 3 saturated heterocycles. The van der Waals surface area contributed by atoms with Crippen LogP contribution >= 0.6 is 0 Å². The fraction of sp³-hybridized carbons (Fsp3) is 0.382. The number of para-hydroxylation sites is 1. The maximum atomic E-state index is 13.6. The Labute approximate surface area is 251 Å². The molecule has 2 atom stereocenters. The van der Waals surface area contributed by atoms with E-state index in [1.807, 2.05) is 24.4 Å². The maximum absolute atomic E-state index is 13.6. The largest absolute Gasteiger partial charge is 0.495 e. The molecule has 0 radical (unpaired) electrons. The molecule has 226 valence electrons. The van der Waals surface area contributed by atoms with Crippen molar-refractivity contribution in [2.45, 2.75) is 44.4 Å². The van der Waals surface area contributed by atoms with Crippen LogP contribution in [0.3, 0.4) is 0 Å². The summed E-state index contributed by atoms with van der Waals surface area (Å²) in [7, 11) is 1.65. The third-order valence-electron chi connectivity index (χ3n) is 8.73. The highest BCUT2D eigenvalue weighted by Crippen LogP contribution is 2.32. The van der Waals surface area contributed by atoms with Crippen molar-refractivity contribution < 1.29 is 23.0 Å². The highest BCUT2D eigenvalue weighted by molar-refractivity contribution is 6.08. The lowest BCUT2D eigenvalue weighted by Gasteiger charge is -2.51. The molecule has 7 rings (SSSR count). The number of hydrogen-bond donors (Lipinski definition) is 1. The smallest absolute Gasteiger partial charge is 0.253 e. The van der Waals surface area contributed by atoms with Gasteiger partial charge in [0.2, 0.25) is 0 Å². The van der Waals surface area contributed by atoms with Crippen LogP contribution in [-0.4, -0.2) is 72.3 Å². The van der Waals surface area contributed by atoms with Gasteiger partial charge >= 0.3 is 0 Å². The fourth-order valence-corrected chi connectivity index (χ4v) is 6.58. The molecule has 43 heavy (non-hydrogen) atoms. The van der Waals surface area contributed by atoms with Gasteiger partial charge < -0.3 is 19.4 Å². The van der Waals surface area contributed by atoms with Crippen LogP contribution in [0.4, 0.5) is 8.78 Å². The van der Waals surface area contributed by atoms with E-state index in [2.05, 4.69) is 19.7 Å². The Hall–Kier alpha value is -3.95. The molecule has 1 N–H and O–H groups in total. The molecule has 7 nitrogen and oxygen atoms in total. The van der Waals surface area contributed by atoms with E-state index in [1.165, 1.54) is 37.1 Å². The minimum absolute atomic E-state index is 0.196. The van der Waals surface area contributed by atoms with Crippen LogP contribution in [0.2, 0.25) is 0 Å². The summed E-state index contributed by atoms with van der Waals surface area (Å²) in [6.45, 7) is 5.54. The normalized spacial score (nSPS) is 18.7. The zero-order chi connectivity index (χ0) is 29.8. The minimum Gasteiger partial charge on any atom is -0.495 e. The Morgan fingerprint density at radius 1 is 0.907 bits per heavy atom. The first-order chi connectivity index (χ1) is 21.0. The minimum atomic E-state index is -0.321. The fourth-order valence-electron chi connectivity index (χ4n) is 6.58. The zero-order valence-electron chi connectivity index (χ0n) is 24.5. The molecule has 2 bridgehead atoms. The summed E-state index contributed by atoms with van der Waals surface area (Å²) in [6, 6.07) is 19.3. The van der Waals surface area contributed by atoms with Crippen molar-refractivity contribution in [3.05, 3.63) is 95.7 Å². The van der Waals surface area contributed by atoms with E-state index < -0.39 is 0 Å². The van der Waals surface area contributed by atoms with Crippen molar-refractivity contribution in [2.24, 2.45) is 0 Å². The van der Waals surface area contributed by atoms with Crippen molar-refractivity contribution >= 4 is 16.8 Å². The first-order valence-corrected chi connectivity index (χ1v) is 15.0. The third-order valence-corrected chi connectivity index (χ3v) is 8.73. The molecule has 0 spiro atoms. The van der Waals surface area contributed by atoms with Crippen molar-refractivity contribution in [1.29, 1.82) is 0 Å². The van der Waals surface area contributed by atoms with Crippen LogP contribution < -0.4 is 14.8 Å². The number of aryl methyl sites for hydroxylation is 1. The highest BCUT2D eigenvalue weighted by Gasteiger charge is 2.38. The zero-order valence-corrected chi connectivity index (χ0v) is 24.5. The van der Waals surface area contributed by atoms with E-state index >= 15 is 0 Å². The molecular weight excluding hydrogens is 550 g/mol. The molecule has 3 aliphatic rings. The molecular formula is C34H38F2N4O3. The molecule has 1 amide bonds. The average Bonchev–Trinajstić information content (AvgIpc) is 3.40. The second kappa shape index (κ2) is 13.1. The van der Waals surface area contributed by atoms with Crippen LogP contribution in [-0.2, 0) is 13.1 Å². The molecule has 3 fully saturated rings. The second-order valence-electron chi connectivity index (χ2n) is 11.4. The lowest BCUT2D eigenvalue weighted by Crippen LogP contribution is -2.63. The first-order valence-electron chi connectivity index (χ1n) is 15.0. The number of benzene rings is 3. The number of aromatic nitrogens is 1. The molecule has 0 aliphatic carbocycles. The van der Waals surface area contributed by atoms with Gasteiger partial charge in [0.1, 0.15) is 29.7 Å². The molecule has 0 saturated carbocycles. The van der Waals surface area contributed by atoms with Gasteiger partial charge in [-0.15, -0.1) is 0 Å². The summed E-state index contributed by atoms with van der Waals surface area (Å²) in [5, 5.41) is 3.78. The molecule has 4 aromatic rings. The van der Waals surface area contributed by atoms with Gasteiger partial charge in [0.15, 0.2) is 0 Å². The van der Waals surface area contributed by atoms with Crippen LogP contribution in [0.15, 0.2) is 72.9 Å². The molecule has 3 aromatic carbocycles. The number of nitrogens with one attached hydrogen (secondary N) is 1. The lowest BCUT2D eigenvalue weighted by molar-refractivity contribution is -0.0259. The number of hydrogen-bond acceptors (Lipinski definition) is 5. The summed E-state index contributed by atoms with van der Waals surface area (Å²) in [5.74, 6) is 0.661. The molecule has 9 heteroatoms. The lowest BCUT2D eigenvalue weighted by atomic mass is 9.90. The Morgan fingerprint density at radius 2 is 1.65 bits per heavy atom. The standard InChI is InChI=1S/C34H38F2N4O3/c1-42-32-8-3-7-30-31(34(41)37-20-24-5-2-6-26(36)19-24)23-40(33(30)32)16-4-15-38-21-28-12-11-27(38)22-39(28)17-18-43-29-13-9-25(35)10-14-29/h2-3,5-10,13-14,19,23,27-28H,4,11-12,15-18,20-22H2,1H3,(H,37,41)/t27-,28-/m1/s1. The van der Waals surface area contributed by atoms with Crippen LogP contribution in [0.5, 0.6) is 11.5 Å². The summed E-state index contributed by atoms with van der Waals surface area (Å²) >= 11 is 0. The van der Waals surface area contributed by atoms with Gasteiger partial charge in [-0.3, -0.25) is 14.6 Å². The number of amides is 1. The Balaban J connectivity index is 1.05. The van der Waals surface area contributed by atoms with Crippen molar-refractivity contribution in [3.8, 4) is 11.5 Å². The number of nitrogens with zero attached hydrogens (tertiary/aromatic N) is 3. The van der Waals surface area contributed by atoms with E-state index in [0.29, 0.717) is 35.6 Å². The number of carbonyl (C=O) groups is 1. The molecule has 1 aromatic heterocycles. The van der Waals surface area contributed by atoms with Crippen molar-refractivity contribution in [3.63, 3.8) is 0 Å².